The number of carbonyl (C=O) groups excluding carboxylic acids is 2. The maximum atomic E-state index is 12.5. The first-order chi connectivity index (χ1) is 12.7. The van der Waals surface area contributed by atoms with E-state index in [4.69, 9.17) is 4.42 Å². The van der Waals surface area contributed by atoms with Gasteiger partial charge in [-0.2, -0.15) is 5.10 Å². The van der Waals surface area contributed by atoms with Crippen LogP contribution in [0.3, 0.4) is 0 Å². The summed E-state index contributed by atoms with van der Waals surface area (Å²) in [4.78, 5) is 26.7. The van der Waals surface area contributed by atoms with Crippen molar-refractivity contribution in [3.8, 4) is 0 Å². The van der Waals surface area contributed by atoms with Gasteiger partial charge in [0.05, 0.1) is 12.8 Å². The second-order valence-corrected chi connectivity index (χ2v) is 6.15. The third-order valence-electron chi connectivity index (χ3n) is 4.46. The molecule has 3 heterocycles. The van der Waals surface area contributed by atoms with E-state index in [0.717, 1.165) is 16.8 Å². The molecule has 132 valence electrons. The van der Waals surface area contributed by atoms with Gasteiger partial charge in [-0.1, -0.05) is 30.3 Å². The number of rotatable bonds is 4. The second-order valence-electron chi connectivity index (χ2n) is 6.15. The normalized spacial score (nSPS) is 13.3. The Balaban J connectivity index is 1.48. The van der Waals surface area contributed by atoms with Gasteiger partial charge < -0.3 is 14.6 Å². The number of carbonyl (C=O) groups is 2. The summed E-state index contributed by atoms with van der Waals surface area (Å²) in [5, 5.41) is 9.98. The van der Waals surface area contributed by atoms with Gasteiger partial charge in [-0.15, -0.1) is 0 Å². The molecule has 2 N–H and O–H groups in total. The van der Waals surface area contributed by atoms with Gasteiger partial charge in [0.25, 0.3) is 11.8 Å². The third-order valence-corrected chi connectivity index (χ3v) is 4.46. The summed E-state index contributed by atoms with van der Waals surface area (Å²) in [6, 6.07) is 13.0. The lowest BCUT2D eigenvalue weighted by atomic mass is 10.0. The molecule has 0 atom stereocenters. The quantitative estimate of drug-likeness (QED) is 0.754. The van der Waals surface area contributed by atoms with Gasteiger partial charge in [-0.05, 0) is 17.7 Å². The highest BCUT2D eigenvalue weighted by Gasteiger charge is 2.29. The average molecular weight is 350 g/mol. The number of hydrogen-bond acceptors (Lipinski definition) is 4. The molecule has 0 radical (unpaired) electrons. The zero-order valence-corrected chi connectivity index (χ0v) is 14.1. The summed E-state index contributed by atoms with van der Waals surface area (Å²) in [6.45, 7) is 1.32. The maximum absolute atomic E-state index is 12.5. The highest BCUT2D eigenvalue weighted by Crippen LogP contribution is 2.22. The molecular weight excluding hydrogens is 332 g/mol. The Morgan fingerprint density at radius 2 is 2.04 bits per heavy atom. The number of H-pyrrole nitrogens is 1. The van der Waals surface area contributed by atoms with Gasteiger partial charge >= 0.3 is 0 Å². The highest BCUT2D eigenvalue weighted by molar-refractivity contribution is 5.95. The van der Waals surface area contributed by atoms with Crippen molar-refractivity contribution >= 4 is 11.8 Å². The SMILES string of the molecule is O=C(NCc1ccccc1)c1n[nH]c2c1CN(C(=O)c1ccco1)CC2. The van der Waals surface area contributed by atoms with Crippen molar-refractivity contribution in [2.75, 3.05) is 6.54 Å². The van der Waals surface area contributed by atoms with Crippen LogP contribution in [0.2, 0.25) is 0 Å². The molecule has 0 saturated carbocycles. The molecule has 7 heteroatoms. The largest absolute Gasteiger partial charge is 0.459 e. The molecule has 4 rings (SSSR count). The Kier molecular flexibility index (Phi) is 4.27. The number of furan rings is 1. The Morgan fingerprint density at radius 3 is 2.81 bits per heavy atom. The lowest BCUT2D eigenvalue weighted by Gasteiger charge is -2.26. The molecular formula is C19H18N4O3. The van der Waals surface area contributed by atoms with E-state index in [1.165, 1.54) is 6.26 Å². The van der Waals surface area contributed by atoms with Crippen LogP contribution in [-0.2, 0) is 19.5 Å². The van der Waals surface area contributed by atoms with Crippen molar-refractivity contribution in [2.24, 2.45) is 0 Å². The van der Waals surface area contributed by atoms with Crippen LogP contribution in [0, 0.1) is 0 Å². The van der Waals surface area contributed by atoms with E-state index in [1.54, 1.807) is 17.0 Å². The van der Waals surface area contributed by atoms with Gasteiger partial charge in [0, 0.05) is 30.8 Å². The molecule has 1 aliphatic heterocycles. The lowest BCUT2D eigenvalue weighted by Crippen LogP contribution is -2.36. The van der Waals surface area contributed by atoms with Crippen molar-refractivity contribution in [3.63, 3.8) is 0 Å². The van der Waals surface area contributed by atoms with E-state index in [1.807, 2.05) is 30.3 Å². The minimum Gasteiger partial charge on any atom is -0.459 e. The monoisotopic (exact) mass is 350 g/mol. The van der Waals surface area contributed by atoms with Crippen LogP contribution < -0.4 is 5.32 Å². The molecule has 0 fully saturated rings. The van der Waals surface area contributed by atoms with Crippen LogP contribution in [0.4, 0.5) is 0 Å². The van der Waals surface area contributed by atoms with Crippen LogP contribution in [0.1, 0.15) is 37.9 Å². The van der Waals surface area contributed by atoms with Crippen LogP contribution in [0.5, 0.6) is 0 Å². The first kappa shape index (κ1) is 16.1. The van der Waals surface area contributed by atoms with Crippen molar-refractivity contribution in [1.29, 1.82) is 0 Å². The van der Waals surface area contributed by atoms with Crippen LogP contribution in [-0.4, -0.2) is 33.5 Å². The minimum atomic E-state index is -0.251. The Hall–Kier alpha value is -3.35. The Labute approximate surface area is 150 Å². The topological polar surface area (TPSA) is 91.2 Å². The van der Waals surface area contributed by atoms with Crippen molar-refractivity contribution in [1.82, 2.24) is 20.4 Å². The minimum absolute atomic E-state index is 0.183. The molecule has 3 aromatic rings. The summed E-state index contributed by atoms with van der Waals surface area (Å²) in [5.41, 5.74) is 3.02. The van der Waals surface area contributed by atoms with Gasteiger partial charge in [0.15, 0.2) is 11.5 Å². The van der Waals surface area contributed by atoms with Crippen LogP contribution >= 0.6 is 0 Å². The number of amides is 2. The van der Waals surface area contributed by atoms with E-state index in [2.05, 4.69) is 15.5 Å². The van der Waals surface area contributed by atoms with Crippen LogP contribution in [0.15, 0.2) is 53.1 Å². The zero-order valence-electron chi connectivity index (χ0n) is 14.1. The smallest absolute Gasteiger partial charge is 0.289 e. The molecule has 0 spiro atoms. The van der Waals surface area contributed by atoms with E-state index < -0.39 is 0 Å². The fourth-order valence-corrected chi connectivity index (χ4v) is 3.07. The van der Waals surface area contributed by atoms with Gasteiger partial charge in [-0.3, -0.25) is 14.7 Å². The number of aromatic amines is 1. The summed E-state index contributed by atoms with van der Waals surface area (Å²) in [5.74, 6) is -0.136. The van der Waals surface area contributed by atoms with E-state index in [0.29, 0.717) is 37.5 Å². The lowest BCUT2D eigenvalue weighted by molar-refractivity contribution is 0.0699. The highest BCUT2D eigenvalue weighted by atomic mass is 16.3. The fourth-order valence-electron chi connectivity index (χ4n) is 3.07. The second kappa shape index (κ2) is 6.87. The fraction of sp³-hybridized carbons (Fsp3) is 0.211. The molecule has 2 aromatic heterocycles. The van der Waals surface area contributed by atoms with Crippen LogP contribution in [0.25, 0.3) is 0 Å². The van der Waals surface area contributed by atoms with Gasteiger partial charge in [0.2, 0.25) is 0 Å². The first-order valence-electron chi connectivity index (χ1n) is 8.43. The predicted molar refractivity (Wildman–Crippen MR) is 93.4 cm³/mol. The zero-order chi connectivity index (χ0) is 17.9. The average Bonchev–Trinajstić information content (AvgIpc) is 3.35. The Morgan fingerprint density at radius 1 is 1.19 bits per heavy atom. The molecule has 7 nitrogen and oxygen atoms in total. The van der Waals surface area contributed by atoms with Gasteiger partial charge in [0.1, 0.15) is 0 Å². The Bertz CT molecular complexity index is 916. The third kappa shape index (κ3) is 3.11. The summed E-state index contributed by atoms with van der Waals surface area (Å²) in [6.07, 6.45) is 2.10. The summed E-state index contributed by atoms with van der Waals surface area (Å²) in [7, 11) is 0. The predicted octanol–water partition coefficient (Wildman–Crippen LogP) is 2.13. The maximum Gasteiger partial charge on any atom is 0.289 e. The molecule has 0 unspecified atom stereocenters. The standard InChI is InChI=1S/C19H18N4O3/c24-18(20-11-13-5-2-1-3-6-13)17-14-12-23(9-8-15(14)21-22-17)19(25)16-7-4-10-26-16/h1-7,10H,8-9,11-12H2,(H,20,24)(H,21,22). The molecule has 26 heavy (non-hydrogen) atoms. The number of nitrogens with one attached hydrogen (secondary N) is 2. The summed E-state index contributed by atoms with van der Waals surface area (Å²) < 4.78 is 5.19. The van der Waals surface area contributed by atoms with E-state index in [9.17, 15) is 9.59 Å². The van der Waals surface area contributed by atoms with E-state index in [-0.39, 0.29) is 11.8 Å². The number of fused-ring (bicyclic) bond motifs is 1. The number of hydrogen-bond donors (Lipinski definition) is 2. The van der Waals surface area contributed by atoms with E-state index >= 15 is 0 Å². The molecule has 0 aliphatic carbocycles. The number of aromatic nitrogens is 2. The number of nitrogens with zero attached hydrogens (tertiary/aromatic N) is 2. The van der Waals surface area contributed by atoms with Crippen molar-refractivity contribution < 1.29 is 14.0 Å². The molecule has 0 saturated heterocycles. The summed E-state index contributed by atoms with van der Waals surface area (Å²) >= 11 is 0. The molecule has 1 aliphatic rings. The van der Waals surface area contributed by atoms with Crippen molar-refractivity contribution in [3.05, 3.63) is 77.0 Å². The molecule has 0 bridgehead atoms. The van der Waals surface area contributed by atoms with Crippen molar-refractivity contribution in [2.45, 2.75) is 19.5 Å². The number of benzene rings is 1. The first-order valence-corrected chi connectivity index (χ1v) is 8.43. The van der Waals surface area contributed by atoms with Gasteiger partial charge in [-0.25, -0.2) is 0 Å². The molecule has 2 amide bonds. The molecule has 1 aromatic carbocycles.